The fourth-order valence-electron chi connectivity index (χ4n) is 2.45. The van der Waals surface area contributed by atoms with E-state index < -0.39 is 23.7 Å². The second-order valence-electron chi connectivity index (χ2n) is 5.28. The van der Waals surface area contributed by atoms with Crippen LogP contribution in [0.3, 0.4) is 0 Å². The zero-order valence-corrected chi connectivity index (χ0v) is 14.4. The van der Waals surface area contributed by atoms with Crippen molar-refractivity contribution >= 4 is 28.2 Å². The first-order valence-corrected chi connectivity index (χ1v) is 8.09. The Hall–Kier alpha value is -2.42. The molecule has 9 heteroatoms. The molecular weight excluding hydrogens is 357 g/mol. The molecule has 0 aromatic carbocycles. The predicted molar refractivity (Wildman–Crippen MR) is 87.3 cm³/mol. The number of hydrogen-bond donors (Lipinski definition) is 2. The molecule has 2 heterocycles. The van der Waals surface area contributed by atoms with Crippen molar-refractivity contribution in [1.29, 1.82) is 0 Å². The largest absolute Gasteiger partial charge is 0.478 e. The van der Waals surface area contributed by atoms with Crippen molar-refractivity contribution in [2.75, 3.05) is 5.32 Å². The molecule has 2 aromatic rings. The van der Waals surface area contributed by atoms with Gasteiger partial charge in [0.1, 0.15) is 10.7 Å². The molecule has 0 radical (unpaired) electrons. The number of halogens is 3. The zero-order valence-electron chi connectivity index (χ0n) is 13.6. The van der Waals surface area contributed by atoms with Gasteiger partial charge in [-0.15, -0.1) is 11.3 Å². The second-order valence-corrected chi connectivity index (χ2v) is 6.51. The van der Waals surface area contributed by atoms with Gasteiger partial charge in [-0.2, -0.15) is 13.2 Å². The number of aromatic nitrogens is 1. The van der Waals surface area contributed by atoms with Crippen LogP contribution in [0, 0.1) is 13.8 Å². The molecule has 2 N–H and O–H groups in total. The number of carbonyl (C=O) groups is 2. The molecule has 0 fully saturated rings. The zero-order chi connectivity index (χ0) is 18.9. The van der Waals surface area contributed by atoms with Crippen molar-refractivity contribution in [3.63, 3.8) is 0 Å². The minimum absolute atomic E-state index is 0.0101. The van der Waals surface area contributed by atoms with E-state index in [1.165, 1.54) is 6.92 Å². The highest BCUT2D eigenvalue weighted by Crippen LogP contribution is 2.34. The molecular formula is C16H15F3N2O3S. The van der Waals surface area contributed by atoms with Crippen LogP contribution in [0.4, 0.5) is 18.2 Å². The summed E-state index contributed by atoms with van der Waals surface area (Å²) in [5.41, 5.74) is -0.597. The van der Waals surface area contributed by atoms with Crippen LogP contribution < -0.4 is 5.32 Å². The predicted octanol–water partition coefficient (Wildman–Crippen LogP) is 4.29. The number of rotatable bonds is 4. The van der Waals surface area contributed by atoms with Gasteiger partial charge in [0.05, 0.1) is 16.8 Å². The van der Waals surface area contributed by atoms with Crippen LogP contribution in [0.1, 0.15) is 49.5 Å². The number of anilines is 1. The van der Waals surface area contributed by atoms with Crippen molar-refractivity contribution in [3.8, 4) is 0 Å². The topological polar surface area (TPSA) is 79.3 Å². The molecule has 2 aromatic heterocycles. The summed E-state index contributed by atoms with van der Waals surface area (Å²) in [6.07, 6.45) is -4.11. The third-order valence-electron chi connectivity index (χ3n) is 3.62. The standard InChI is InChI=1S/C16H15F3N2O3S/c1-4-9-8(3)25-14(12(9)15(23)24)21-13(22)10-5-6-11(16(17,18)19)20-7(10)2/h5-6H,4H2,1-3H3,(H,21,22)(H,23,24). The summed E-state index contributed by atoms with van der Waals surface area (Å²) >= 11 is 1.12. The monoisotopic (exact) mass is 372 g/mol. The summed E-state index contributed by atoms with van der Waals surface area (Å²) < 4.78 is 37.9. The summed E-state index contributed by atoms with van der Waals surface area (Å²) in [6, 6.07) is 1.75. The number of aryl methyl sites for hydroxylation is 2. The van der Waals surface area contributed by atoms with Crippen molar-refractivity contribution in [3.05, 3.63) is 45.1 Å². The number of alkyl halides is 3. The molecule has 0 spiro atoms. The molecule has 134 valence electrons. The van der Waals surface area contributed by atoms with Crippen molar-refractivity contribution in [1.82, 2.24) is 4.98 Å². The molecule has 1 amide bonds. The molecule has 0 unspecified atom stereocenters. The molecule has 0 aliphatic heterocycles. The number of carboxylic acids is 1. The van der Waals surface area contributed by atoms with E-state index in [9.17, 15) is 27.9 Å². The van der Waals surface area contributed by atoms with Gasteiger partial charge in [0.25, 0.3) is 5.91 Å². The maximum Gasteiger partial charge on any atom is 0.433 e. The van der Waals surface area contributed by atoms with Gasteiger partial charge in [0, 0.05) is 4.88 Å². The van der Waals surface area contributed by atoms with Gasteiger partial charge in [-0.1, -0.05) is 6.92 Å². The number of nitrogens with one attached hydrogen (secondary N) is 1. The van der Waals surface area contributed by atoms with E-state index in [1.807, 2.05) is 0 Å². The van der Waals surface area contributed by atoms with E-state index in [-0.39, 0.29) is 21.8 Å². The van der Waals surface area contributed by atoms with Crippen LogP contribution in [-0.2, 0) is 12.6 Å². The Morgan fingerprint density at radius 3 is 2.40 bits per heavy atom. The molecule has 0 bridgehead atoms. The van der Waals surface area contributed by atoms with Crippen LogP contribution in [0.5, 0.6) is 0 Å². The quantitative estimate of drug-likeness (QED) is 0.839. The lowest BCUT2D eigenvalue weighted by atomic mass is 10.1. The van der Waals surface area contributed by atoms with Gasteiger partial charge in [0.2, 0.25) is 0 Å². The lowest BCUT2D eigenvalue weighted by Gasteiger charge is -2.10. The van der Waals surface area contributed by atoms with Crippen LogP contribution in [0.15, 0.2) is 12.1 Å². The molecule has 5 nitrogen and oxygen atoms in total. The Kier molecular flexibility index (Phi) is 5.17. The first kappa shape index (κ1) is 18.9. The number of carbonyl (C=O) groups excluding carboxylic acids is 1. The van der Waals surface area contributed by atoms with E-state index >= 15 is 0 Å². The van der Waals surface area contributed by atoms with E-state index in [1.54, 1.807) is 13.8 Å². The second kappa shape index (κ2) is 6.83. The number of aromatic carboxylic acids is 1. The average Bonchev–Trinajstić information content (AvgIpc) is 2.81. The molecule has 0 saturated heterocycles. The van der Waals surface area contributed by atoms with Gasteiger partial charge in [-0.05, 0) is 38.0 Å². The summed E-state index contributed by atoms with van der Waals surface area (Å²) in [5, 5.41) is 12.0. The normalized spacial score (nSPS) is 11.4. The number of hydrogen-bond acceptors (Lipinski definition) is 4. The first-order valence-electron chi connectivity index (χ1n) is 7.28. The molecule has 0 atom stereocenters. The SMILES string of the molecule is CCc1c(C)sc(NC(=O)c2ccc(C(F)(F)F)nc2C)c1C(=O)O. The molecule has 2 rings (SSSR count). The highest BCUT2D eigenvalue weighted by Gasteiger charge is 2.33. The first-order chi connectivity index (χ1) is 11.6. The van der Waals surface area contributed by atoms with E-state index in [2.05, 4.69) is 10.3 Å². The number of thiophene rings is 1. The fourth-order valence-corrected chi connectivity index (χ4v) is 3.58. The van der Waals surface area contributed by atoms with Crippen LogP contribution in [-0.4, -0.2) is 22.0 Å². The van der Waals surface area contributed by atoms with Gasteiger partial charge >= 0.3 is 12.1 Å². The molecule has 0 saturated carbocycles. The number of carboxylic acid groups (broad SMARTS) is 1. The summed E-state index contributed by atoms with van der Waals surface area (Å²) in [6.45, 7) is 4.84. The maximum atomic E-state index is 12.6. The van der Waals surface area contributed by atoms with Crippen LogP contribution >= 0.6 is 11.3 Å². The van der Waals surface area contributed by atoms with E-state index in [0.717, 1.165) is 28.3 Å². The summed E-state index contributed by atoms with van der Waals surface area (Å²) in [5.74, 6) is -1.87. The lowest BCUT2D eigenvalue weighted by molar-refractivity contribution is -0.141. The van der Waals surface area contributed by atoms with E-state index in [4.69, 9.17) is 0 Å². The highest BCUT2D eigenvalue weighted by molar-refractivity contribution is 7.16. The van der Waals surface area contributed by atoms with Crippen LogP contribution in [0.25, 0.3) is 0 Å². The van der Waals surface area contributed by atoms with Gasteiger partial charge in [-0.25, -0.2) is 9.78 Å². The Morgan fingerprint density at radius 1 is 1.28 bits per heavy atom. The lowest BCUT2D eigenvalue weighted by Crippen LogP contribution is -2.17. The minimum atomic E-state index is -4.60. The number of amides is 1. The highest BCUT2D eigenvalue weighted by atomic mass is 32.1. The maximum absolute atomic E-state index is 12.6. The Bertz CT molecular complexity index is 844. The van der Waals surface area contributed by atoms with Gasteiger partial charge < -0.3 is 10.4 Å². The number of nitrogens with zero attached hydrogens (tertiary/aromatic N) is 1. The summed E-state index contributed by atoms with van der Waals surface area (Å²) in [7, 11) is 0. The average molecular weight is 372 g/mol. The number of pyridine rings is 1. The van der Waals surface area contributed by atoms with Gasteiger partial charge in [-0.3, -0.25) is 4.79 Å². The van der Waals surface area contributed by atoms with E-state index in [0.29, 0.717) is 12.0 Å². The fraction of sp³-hybridized carbons (Fsp3) is 0.312. The minimum Gasteiger partial charge on any atom is -0.478 e. The smallest absolute Gasteiger partial charge is 0.433 e. The van der Waals surface area contributed by atoms with Crippen molar-refractivity contribution in [2.45, 2.75) is 33.4 Å². The summed E-state index contributed by atoms with van der Waals surface area (Å²) in [4.78, 5) is 28.0. The molecule has 25 heavy (non-hydrogen) atoms. The van der Waals surface area contributed by atoms with Crippen LogP contribution in [0.2, 0.25) is 0 Å². The van der Waals surface area contributed by atoms with Crippen molar-refractivity contribution < 1.29 is 27.9 Å². The van der Waals surface area contributed by atoms with Gasteiger partial charge in [0.15, 0.2) is 0 Å². The Balaban J connectivity index is 2.37. The molecule has 0 aliphatic carbocycles. The third-order valence-corrected chi connectivity index (χ3v) is 4.69. The molecule has 0 aliphatic rings. The Labute approximate surface area is 145 Å². The van der Waals surface area contributed by atoms with Crippen molar-refractivity contribution in [2.24, 2.45) is 0 Å². The third kappa shape index (κ3) is 3.81. The Morgan fingerprint density at radius 2 is 1.92 bits per heavy atom.